The third kappa shape index (κ3) is 4.53. The van der Waals surface area contributed by atoms with Crippen LogP contribution in [-0.2, 0) is 17.6 Å². The van der Waals surface area contributed by atoms with Gasteiger partial charge in [0.1, 0.15) is 5.54 Å². The van der Waals surface area contributed by atoms with Crippen molar-refractivity contribution in [2.24, 2.45) is 0 Å². The molecule has 2 aromatic carbocycles. The number of benzene rings is 2. The number of fused-ring (bicyclic) bond motifs is 1. The highest BCUT2D eigenvalue weighted by Crippen LogP contribution is 2.36. The molecule has 1 aliphatic rings. The largest absolute Gasteiger partial charge is 0.465 e. The van der Waals surface area contributed by atoms with Crippen molar-refractivity contribution in [3.05, 3.63) is 59.7 Å². The molecule has 0 aliphatic heterocycles. The summed E-state index contributed by atoms with van der Waals surface area (Å²) in [5.74, 6) is -0.270. The first-order valence-corrected chi connectivity index (χ1v) is 11.1. The normalized spacial score (nSPS) is 17.7. The van der Waals surface area contributed by atoms with Gasteiger partial charge in [0.25, 0.3) is 5.91 Å². The average molecular weight is 424 g/mol. The Hall–Kier alpha value is -3.02. The number of carbonyl (C=O) groups excluding carboxylic acids is 1. The third-order valence-corrected chi connectivity index (χ3v) is 6.27. The SMILES string of the molecule is CCN(CC)c1ccc(NC(=O)C2(N(C(=O)O)C(C)C)CCc3ccccc3C2)cc1. The smallest absolute Gasteiger partial charge is 0.408 e. The maximum Gasteiger partial charge on any atom is 0.408 e. The summed E-state index contributed by atoms with van der Waals surface area (Å²) in [6.07, 6.45) is 0.428. The van der Waals surface area contributed by atoms with Crippen molar-refractivity contribution in [1.29, 1.82) is 0 Å². The molecule has 6 heteroatoms. The van der Waals surface area contributed by atoms with Crippen molar-refractivity contribution in [2.75, 3.05) is 23.3 Å². The van der Waals surface area contributed by atoms with Gasteiger partial charge in [-0.1, -0.05) is 24.3 Å². The van der Waals surface area contributed by atoms with E-state index < -0.39 is 11.6 Å². The van der Waals surface area contributed by atoms with Crippen LogP contribution in [0.4, 0.5) is 16.2 Å². The number of carboxylic acid groups (broad SMARTS) is 1. The second kappa shape index (κ2) is 9.41. The average Bonchev–Trinajstić information content (AvgIpc) is 2.75. The Morgan fingerprint density at radius 2 is 1.65 bits per heavy atom. The van der Waals surface area contributed by atoms with Gasteiger partial charge in [-0.3, -0.25) is 9.69 Å². The van der Waals surface area contributed by atoms with Gasteiger partial charge in [0.05, 0.1) is 0 Å². The summed E-state index contributed by atoms with van der Waals surface area (Å²) in [6, 6.07) is 15.4. The lowest BCUT2D eigenvalue weighted by molar-refractivity contribution is -0.129. The van der Waals surface area contributed by atoms with Gasteiger partial charge >= 0.3 is 6.09 Å². The summed E-state index contributed by atoms with van der Waals surface area (Å²) in [6.45, 7) is 9.68. The number of nitrogens with one attached hydrogen (secondary N) is 1. The van der Waals surface area contributed by atoms with Crippen molar-refractivity contribution in [3.63, 3.8) is 0 Å². The fourth-order valence-corrected chi connectivity index (χ4v) is 4.72. The zero-order valence-corrected chi connectivity index (χ0v) is 18.9. The minimum absolute atomic E-state index is 0.270. The molecule has 6 nitrogen and oxygen atoms in total. The van der Waals surface area contributed by atoms with E-state index in [9.17, 15) is 14.7 Å². The van der Waals surface area contributed by atoms with Gasteiger partial charge in [0, 0.05) is 36.9 Å². The van der Waals surface area contributed by atoms with Crippen LogP contribution < -0.4 is 10.2 Å². The molecule has 0 bridgehead atoms. The number of aryl methyl sites for hydroxylation is 1. The molecule has 2 N–H and O–H groups in total. The molecule has 2 amide bonds. The molecule has 1 unspecified atom stereocenters. The predicted molar refractivity (Wildman–Crippen MR) is 125 cm³/mol. The highest BCUT2D eigenvalue weighted by atomic mass is 16.4. The first-order chi connectivity index (χ1) is 14.8. The molecule has 0 aromatic heterocycles. The number of hydrogen-bond donors (Lipinski definition) is 2. The van der Waals surface area contributed by atoms with Crippen LogP contribution in [0.25, 0.3) is 0 Å². The van der Waals surface area contributed by atoms with Crippen molar-refractivity contribution in [2.45, 2.75) is 58.5 Å². The zero-order chi connectivity index (χ0) is 22.6. The lowest BCUT2D eigenvalue weighted by Gasteiger charge is -2.46. The Labute approximate surface area is 184 Å². The van der Waals surface area contributed by atoms with Gasteiger partial charge in [0.2, 0.25) is 0 Å². The van der Waals surface area contributed by atoms with Crippen molar-refractivity contribution >= 4 is 23.4 Å². The van der Waals surface area contributed by atoms with Crippen LogP contribution in [0, 0.1) is 0 Å². The van der Waals surface area contributed by atoms with Gasteiger partial charge in [-0.15, -0.1) is 0 Å². The molecular weight excluding hydrogens is 390 g/mol. The maximum absolute atomic E-state index is 13.7. The highest BCUT2D eigenvalue weighted by molar-refractivity contribution is 6.00. The molecule has 1 aliphatic carbocycles. The standard InChI is InChI=1S/C25H33N3O3/c1-5-27(6-2)22-13-11-21(12-14-22)26-23(29)25(28(18(3)4)24(30)31)16-15-19-9-7-8-10-20(19)17-25/h7-14,18H,5-6,15-17H2,1-4H3,(H,26,29)(H,30,31). The van der Waals surface area contributed by atoms with Crippen LogP contribution in [0.3, 0.4) is 0 Å². The van der Waals surface area contributed by atoms with E-state index in [0.29, 0.717) is 24.9 Å². The summed E-state index contributed by atoms with van der Waals surface area (Å²) in [5, 5.41) is 13.0. The van der Waals surface area contributed by atoms with E-state index in [1.807, 2.05) is 56.3 Å². The van der Waals surface area contributed by atoms with E-state index in [1.165, 1.54) is 10.5 Å². The Morgan fingerprint density at radius 3 is 2.19 bits per heavy atom. The van der Waals surface area contributed by atoms with E-state index >= 15 is 0 Å². The molecule has 1 atom stereocenters. The van der Waals surface area contributed by atoms with E-state index in [2.05, 4.69) is 30.1 Å². The van der Waals surface area contributed by atoms with Crippen LogP contribution in [0.2, 0.25) is 0 Å². The number of amides is 2. The van der Waals surface area contributed by atoms with Gasteiger partial charge < -0.3 is 15.3 Å². The molecule has 0 radical (unpaired) electrons. The van der Waals surface area contributed by atoms with Crippen molar-refractivity contribution in [1.82, 2.24) is 4.90 Å². The first-order valence-electron chi connectivity index (χ1n) is 11.1. The molecular formula is C25H33N3O3. The summed E-state index contributed by atoms with van der Waals surface area (Å²) in [5.41, 5.74) is 2.84. The topological polar surface area (TPSA) is 72.9 Å². The van der Waals surface area contributed by atoms with E-state index in [-0.39, 0.29) is 11.9 Å². The van der Waals surface area contributed by atoms with Crippen LogP contribution >= 0.6 is 0 Å². The Kier molecular flexibility index (Phi) is 6.88. The summed E-state index contributed by atoms with van der Waals surface area (Å²) < 4.78 is 0. The van der Waals surface area contributed by atoms with E-state index in [1.54, 1.807) is 0 Å². The van der Waals surface area contributed by atoms with E-state index in [4.69, 9.17) is 0 Å². The Bertz CT molecular complexity index is 922. The highest BCUT2D eigenvalue weighted by Gasteiger charge is 2.49. The van der Waals surface area contributed by atoms with Crippen molar-refractivity contribution in [3.8, 4) is 0 Å². The number of hydrogen-bond acceptors (Lipinski definition) is 3. The summed E-state index contributed by atoms with van der Waals surface area (Å²) in [7, 11) is 0. The molecule has 0 fully saturated rings. The molecule has 0 saturated heterocycles. The quantitative estimate of drug-likeness (QED) is 0.672. The minimum Gasteiger partial charge on any atom is -0.465 e. The fourth-order valence-electron chi connectivity index (χ4n) is 4.72. The van der Waals surface area contributed by atoms with Gasteiger partial charge in [-0.2, -0.15) is 0 Å². The van der Waals surface area contributed by atoms with Gasteiger partial charge in [0.15, 0.2) is 0 Å². The van der Waals surface area contributed by atoms with E-state index in [0.717, 1.165) is 24.3 Å². The van der Waals surface area contributed by atoms with Crippen LogP contribution in [0.15, 0.2) is 48.5 Å². The molecule has 3 rings (SSSR count). The molecule has 31 heavy (non-hydrogen) atoms. The fraction of sp³-hybridized carbons (Fsp3) is 0.440. The lowest BCUT2D eigenvalue weighted by Crippen LogP contribution is -2.63. The van der Waals surface area contributed by atoms with Gasteiger partial charge in [-0.05, 0) is 75.9 Å². The van der Waals surface area contributed by atoms with Crippen LogP contribution in [0.5, 0.6) is 0 Å². The third-order valence-electron chi connectivity index (χ3n) is 6.27. The van der Waals surface area contributed by atoms with Gasteiger partial charge in [-0.25, -0.2) is 4.79 Å². The molecule has 166 valence electrons. The monoisotopic (exact) mass is 423 g/mol. The van der Waals surface area contributed by atoms with Crippen LogP contribution in [0.1, 0.15) is 45.2 Å². The maximum atomic E-state index is 13.7. The number of nitrogens with zero attached hydrogens (tertiary/aromatic N) is 2. The lowest BCUT2D eigenvalue weighted by atomic mass is 9.75. The zero-order valence-electron chi connectivity index (χ0n) is 18.9. The Morgan fingerprint density at radius 1 is 1.03 bits per heavy atom. The van der Waals surface area contributed by atoms with Crippen molar-refractivity contribution < 1.29 is 14.7 Å². The second-order valence-corrected chi connectivity index (χ2v) is 8.40. The summed E-state index contributed by atoms with van der Waals surface area (Å²) >= 11 is 0. The molecule has 0 spiro atoms. The first kappa shape index (κ1) is 22.7. The number of anilines is 2. The Balaban J connectivity index is 1.93. The number of carbonyl (C=O) groups is 2. The molecule has 0 saturated carbocycles. The van der Waals surface area contributed by atoms with Crippen LogP contribution in [-0.4, -0.2) is 46.7 Å². The minimum atomic E-state index is -1.15. The predicted octanol–water partition coefficient (Wildman–Crippen LogP) is 4.79. The second-order valence-electron chi connectivity index (χ2n) is 8.40. The summed E-state index contributed by atoms with van der Waals surface area (Å²) in [4.78, 5) is 29.5. The molecule has 0 heterocycles. The number of rotatable bonds is 7. The molecule has 2 aromatic rings.